The predicted molar refractivity (Wildman–Crippen MR) is 92.3 cm³/mol. The summed E-state index contributed by atoms with van der Waals surface area (Å²) in [5.74, 6) is -0.266. The molecule has 1 amide bonds. The topological polar surface area (TPSA) is 71.5 Å². The Balaban J connectivity index is 1.51. The van der Waals surface area contributed by atoms with E-state index >= 15 is 0 Å². The van der Waals surface area contributed by atoms with Gasteiger partial charge in [-0.25, -0.2) is 14.4 Å². The molecule has 0 spiro atoms. The highest BCUT2D eigenvalue weighted by atomic mass is 19.1. The van der Waals surface area contributed by atoms with Crippen LogP contribution < -0.4 is 4.90 Å². The van der Waals surface area contributed by atoms with Gasteiger partial charge in [-0.2, -0.15) is 0 Å². The molecule has 2 fully saturated rings. The second-order valence-electron chi connectivity index (χ2n) is 6.44. The average Bonchev–Trinajstić information content (AvgIpc) is 3.23. The molecule has 0 N–H and O–H groups in total. The predicted octanol–water partition coefficient (Wildman–Crippen LogP) is 1.82. The van der Waals surface area contributed by atoms with Crippen LogP contribution in [0.4, 0.5) is 10.3 Å². The quantitative estimate of drug-likeness (QED) is 0.835. The van der Waals surface area contributed by atoms with Crippen molar-refractivity contribution in [3.05, 3.63) is 47.8 Å². The first-order chi connectivity index (χ1) is 12.7. The van der Waals surface area contributed by atoms with Crippen molar-refractivity contribution in [2.75, 3.05) is 37.7 Å². The molecule has 136 valence electrons. The molecular weight excluding hydrogens is 337 g/mol. The van der Waals surface area contributed by atoms with Crippen LogP contribution in [0, 0.1) is 5.82 Å². The lowest BCUT2D eigenvalue weighted by Crippen LogP contribution is -2.42. The van der Waals surface area contributed by atoms with Crippen molar-refractivity contribution in [2.24, 2.45) is 0 Å². The third-order valence-electron chi connectivity index (χ3n) is 4.74. The molecule has 2 aromatic heterocycles. The molecule has 8 heteroatoms. The zero-order valence-corrected chi connectivity index (χ0v) is 14.3. The van der Waals surface area contributed by atoms with E-state index in [1.165, 1.54) is 12.3 Å². The number of halogens is 1. The third kappa shape index (κ3) is 3.37. The van der Waals surface area contributed by atoms with Gasteiger partial charge < -0.3 is 14.5 Å². The minimum Gasteiger partial charge on any atom is -0.368 e. The smallest absolute Gasteiger partial charge is 0.257 e. The van der Waals surface area contributed by atoms with E-state index in [0.717, 1.165) is 37.8 Å². The number of hydrogen-bond acceptors (Lipinski definition) is 6. The average molecular weight is 357 g/mol. The number of morpholine rings is 1. The van der Waals surface area contributed by atoms with Crippen LogP contribution in [0.25, 0.3) is 0 Å². The van der Waals surface area contributed by atoms with Crippen molar-refractivity contribution in [1.29, 1.82) is 0 Å². The Labute approximate surface area is 150 Å². The number of rotatable bonds is 3. The van der Waals surface area contributed by atoms with E-state index in [1.54, 1.807) is 11.1 Å². The van der Waals surface area contributed by atoms with Gasteiger partial charge in [0.25, 0.3) is 5.91 Å². The van der Waals surface area contributed by atoms with Gasteiger partial charge in [0.1, 0.15) is 6.10 Å². The molecule has 1 atom stereocenters. The lowest BCUT2D eigenvalue weighted by atomic mass is 10.1. The third-order valence-corrected chi connectivity index (χ3v) is 4.74. The summed E-state index contributed by atoms with van der Waals surface area (Å²) in [6, 6.07) is 3.21. The summed E-state index contributed by atoms with van der Waals surface area (Å²) >= 11 is 0. The van der Waals surface area contributed by atoms with Gasteiger partial charge in [0.2, 0.25) is 5.95 Å². The van der Waals surface area contributed by atoms with Crippen molar-refractivity contribution < 1.29 is 13.9 Å². The molecule has 2 aromatic rings. The summed E-state index contributed by atoms with van der Waals surface area (Å²) in [4.78, 5) is 29.1. The van der Waals surface area contributed by atoms with Crippen LogP contribution in [0.2, 0.25) is 0 Å². The van der Waals surface area contributed by atoms with Crippen LogP contribution in [0.1, 0.15) is 35.0 Å². The van der Waals surface area contributed by atoms with Gasteiger partial charge in [-0.15, -0.1) is 0 Å². The van der Waals surface area contributed by atoms with Crippen LogP contribution in [0.15, 0.2) is 30.7 Å². The van der Waals surface area contributed by atoms with Crippen molar-refractivity contribution in [3.63, 3.8) is 0 Å². The number of carbonyl (C=O) groups excluding carboxylic acids is 1. The maximum atomic E-state index is 13.9. The molecule has 2 aliphatic rings. The monoisotopic (exact) mass is 357 g/mol. The normalized spacial score (nSPS) is 20.4. The summed E-state index contributed by atoms with van der Waals surface area (Å²) in [6.45, 7) is 3.05. The van der Waals surface area contributed by atoms with Crippen LogP contribution >= 0.6 is 0 Å². The fourth-order valence-corrected chi connectivity index (χ4v) is 3.34. The van der Waals surface area contributed by atoms with Gasteiger partial charge in [-0.05, 0) is 25.0 Å². The van der Waals surface area contributed by atoms with Crippen LogP contribution in [0.3, 0.4) is 0 Å². The number of carbonyl (C=O) groups is 1. The Hall–Kier alpha value is -2.61. The molecule has 0 radical (unpaired) electrons. The Morgan fingerprint density at radius 1 is 1.19 bits per heavy atom. The summed E-state index contributed by atoms with van der Waals surface area (Å²) in [7, 11) is 0. The van der Waals surface area contributed by atoms with E-state index in [9.17, 15) is 9.18 Å². The number of nitrogens with zero attached hydrogens (tertiary/aromatic N) is 5. The minimum atomic E-state index is -0.612. The highest BCUT2D eigenvalue weighted by molar-refractivity contribution is 5.94. The molecule has 2 saturated heterocycles. The molecule has 7 nitrogen and oxygen atoms in total. The lowest BCUT2D eigenvalue weighted by Gasteiger charge is -2.33. The lowest BCUT2D eigenvalue weighted by molar-refractivity contribution is -0.0248. The first kappa shape index (κ1) is 16.8. The molecule has 0 unspecified atom stereocenters. The zero-order chi connectivity index (χ0) is 17.9. The number of hydrogen-bond donors (Lipinski definition) is 0. The zero-order valence-electron chi connectivity index (χ0n) is 14.3. The molecule has 0 aliphatic carbocycles. The number of aromatic nitrogens is 3. The van der Waals surface area contributed by atoms with Gasteiger partial charge in [-0.3, -0.25) is 9.78 Å². The standard InChI is InChI=1S/C18H20FN5O2/c19-14-11-20-5-3-13(14)17(25)24-9-10-26-16(12-24)15-4-6-21-18(22-15)23-7-1-2-8-23/h3-6,11,16H,1-2,7-10,12H2/t16-/m0/s1. The Bertz CT molecular complexity index is 797. The molecule has 26 heavy (non-hydrogen) atoms. The van der Waals surface area contributed by atoms with Crippen LogP contribution in [-0.2, 0) is 4.74 Å². The fourth-order valence-electron chi connectivity index (χ4n) is 3.34. The number of pyridine rings is 1. The second kappa shape index (κ2) is 7.33. The molecule has 4 rings (SSSR count). The van der Waals surface area contributed by atoms with Gasteiger partial charge in [0, 0.05) is 32.0 Å². The number of anilines is 1. The van der Waals surface area contributed by atoms with Crippen LogP contribution in [-0.4, -0.2) is 58.5 Å². The maximum absolute atomic E-state index is 13.9. The second-order valence-corrected chi connectivity index (χ2v) is 6.44. The number of ether oxygens (including phenoxy) is 1. The van der Waals surface area contributed by atoms with Crippen molar-refractivity contribution >= 4 is 11.9 Å². The van der Waals surface area contributed by atoms with E-state index in [1.807, 2.05) is 6.07 Å². The van der Waals surface area contributed by atoms with Gasteiger partial charge in [-0.1, -0.05) is 0 Å². The SMILES string of the molecule is O=C(c1ccncc1F)N1CCO[C@H](c2ccnc(N3CCCC3)n2)C1. The maximum Gasteiger partial charge on any atom is 0.257 e. The van der Waals surface area contributed by atoms with E-state index in [4.69, 9.17) is 4.74 Å². The van der Waals surface area contributed by atoms with E-state index in [-0.39, 0.29) is 17.6 Å². The molecule has 0 aromatic carbocycles. The van der Waals surface area contributed by atoms with Crippen molar-refractivity contribution in [1.82, 2.24) is 19.9 Å². The largest absolute Gasteiger partial charge is 0.368 e. The molecule has 4 heterocycles. The van der Waals surface area contributed by atoms with Gasteiger partial charge in [0.15, 0.2) is 5.82 Å². The van der Waals surface area contributed by atoms with Crippen LogP contribution in [0.5, 0.6) is 0 Å². The van der Waals surface area contributed by atoms with E-state index in [0.29, 0.717) is 25.6 Å². The highest BCUT2D eigenvalue weighted by Gasteiger charge is 2.29. The van der Waals surface area contributed by atoms with Gasteiger partial charge >= 0.3 is 0 Å². The first-order valence-corrected chi connectivity index (χ1v) is 8.80. The fraction of sp³-hybridized carbons (Fsp3) is 0.444. The molecule has 0 saturated carbocycles. The Kier molecular flexibility index (Phi) is 4.75. The summed E-state index contributed by atoms with van der Waals surface area (Å²) in [5.41, 5.74) is 0.774. The summed E-state index contributed by atoms with van der Waals surface area (Å²) in [6.07, 6.45) is 6.14. The van der Waals surface area contributed by atoms with E-state index < -0.39 is 5.82 Å². The molecular formula is C18H20FN5O2. The summed E-state index contributed by atoms with van der Waals surface area (Å²) in [5, 5.41) is 0. The van der Waals surface area contributed by atoms with Gasteiger partial charge in [0.05, 0.1) is 30.6 Å². The highest BCUT2D eigenvalue weighted by Crippen LogP contribution is 2.24. The van der Waals surface area contributed by atoms with Crippen molar-refractivity contribution in [3.8, 4) is 0 Å². The van der Waals surface area contributed by atoms with Crippen molar-refractivity contribution in [2.45, 2.75) is 18.9 Å². The Morgan fingerprint density at radius 3 is 2.85 bits per heavy atom. The first-order valence-electron chi connectivity index (χ1n) is 8.80. The number of amides is 1. The Morgan fingerprint density at radius 2 is 2.04 bits per heavy atom. The molecule has 2 aliphatic heterocycles. The van der Waals surface area contributed by atoms with E-state index in [2.05, 4.69) is 19.9 Å². The minimum absolute atomic E-state index is 0.0288. The molecule has 0 bridgehead atoms. The summed E-state index contributed by atoms with van der Waals surface area (Å²) < 4.78 is 19.7.